The predicted molar refractivity (Wildman–Crippen MR) is 109 cm³/mol. The fraction of sp³-hybridized carbons (Fsp3) is 0.636. The van der Waals surface area contributed by atoms with Gasteiger partial charge >= 0.3 is 0 Å². The number of hydrogen-bond donors (Lipinski definition) is 3. The zero-order valence-corrected chi connectivity index (χ0v) is 16.9. The lowest BCUT2D eigenvalue weighted by Crippen LogP contribution is -2.80. The molecule has 6 atom stereocenters. The molecule has 3 aliphatic heterocycles. The fourth-order valence-electron chi connectivity index (χ4n) is 7.32. The summed E-state index contributed by atoms with van der Waals surface area (Å²) in [5.41, 5.74) is 6.34. The molecular formula is C22H31N3O3. The van der Waals surface area contributed by atoms with Crippen LogP contribution < -0.4 is 15.4 Å². The third-order valence-electron chi connectivity index (χ3n) is 8.30. The van der Waals surface area contributed by atoms with Crippen molar-refractivity contribution in [3.63, 3.8) is 0 Å². The van der Waals surface area contributed by atoms with E-state index in [4.69, 9.17) is 10.5 Å². The molecule has 5 rings (SSSR count). The molecule has 0 bridgehead atoms. The second-order valence-corrected chi connectivity index (χ2v) is 9.05. The first kappa shape index (κ1) is 18.4. The normalized spacial score (nSPS) is 43.6. The molecule has 1 spiro atoms. The van der Waals surface area contributed by atoms with Crippen LogP contribution in [0.4, 0.5) is 5.69 Å². The van der Waals surface area contributed by atoms with E-state index in [0.29, 0.717) is 0 Å². The van der Waals surface area contributed by atoms with Gasteiger partial charge in [-0.2, -0.15) is 0 Å². The van der Waals surface area contributed by atoms with E-state index in [2.05, 4.69) is 41.0 Å². The highest BCUT2D eigenvalue weighted by atomic mass is 16.5. The van der Waals surface area contributed by atoms with Crippen LogP contribution in [0.5, 0.6) is 5.75 Å². The molecular weight excluding hydrogens is 354 g/mol. The van der Waals surface area contributed by atoms with E-state index in [-0.39, 0.29) is 24.0 Å². The molecule has 1 aromatic rings. The Morgan fingerprint density at radius 2 is 2.11 bits per heavy atom. The van der Waals surface area contributed by atoms with Crippen LogP contribution in [-0.4, -0.2) is 72.7 Å². The van der Waals surface area contributed by atoms with Gasteiger partial charge in [0.25, 0.3) is 0 Å². The lowest BCUT2D eigenvalue weighted by atomic mass is 9.48. The Labute approximate surface area is 166 Å². The van der Waals surface area contributed by atoms with Gasteiger partial charge in [-0.05, 0) is 31.0 Å². The average molecular weight is 386 g/mol. The third kappa shape index (κ3) is 1.79. The summed E-state index contributed by atoms with van der Waals surface area (Å²) in [6, 6.07) is 6.11. The molecule has 1 unspecified atom stereocenters. The number of benzene rings is 1. The Hall–Kier alpha value is -1.60. The Bertz CT molecular complexity index is 844. The van der Waals surface area contributed by atoms with Gasteiger partial charge in [-0.3, -0.25) is 4.90 Å². The van der Waals surface area contributed by atoms with Crippen LogP contribution in [0.2, 0.25) is 0 Å². The van der Waals surface area contributed by atoms with Crippen LogP contribution in [0.1, 0.15) is 25.3 Å². The van der Waals surface area contributed by atoms with Gasteiger partial charge in [0, 0.05) is 48.8 Å². The molecule has 4 aliphatic rings. The summed E-state index contributed by atoms with van der Waals surface area (Å²) in [5, 5.41) is 23.6. The maximum absolute atomic E-state index is 11.9. The van der Waals surface area contributed by atoms with Gasteiger partial charge in [0.15, 0.2) is 0 Å². The Morgan fingerprint density at radius 3 is 2.79 bits per heavy atom. The van der Waals surface area contributed by atoms with E-state index in [9.17, 15) is 10.2 Å². The Morgan fingerprint density at radius 1 is 1.32 bits per heavy atom. The van der Waals surface area contributed by atoms with E-state index >= 15 is 0 Å². The Balaban J connectivity index is 1.83. The lowest BCUT2D eigenvalue weighted by Gasteiger charge is -2.64. The summed E-state index contributed by atoms with van der Waals surface area (Å²) < 4.78 is 5.48. The summed E-state index contributed by atoms with van der Waals surface area (Å²) in [4.78, 5) is 4.65. The standard InChI is InChI=1S/C22H31N3O3/c1-4-20-8-5-10-25-11-9-21(17(20)25)15-7-6-14(28-3)12-16(15)24(2)18(21)22(27,13-23)19(20)26/h5-8,12,17-19,26-27H,4,9-11,13,23H2,1-3H3/t17?,18-,19-,20-,21-,22+/m1/s1. The molecule has 1 aliphatic carbocycles. The van der Waals surface area contributed by atoms with Crippen molar-refractivity contribution >= 4 is 5.69 Å². The molecule has 6 heteroatoms. The smallest absolute Gasteiger partial charge is 0.125 e. The monoisotopic (exact) mass is 385 g/mol. The van der Waals surface area contributed by atoms with Crippen LogP contribution >= 0.6 is 0 Å². The summed E-state index contributed by atoms with van der Waals surface area (Å²) in [6.45, 7) is 4.00. The van der Waals surface area contributed by atoms with E-state index < -0.39 is 17.1 Å². The molecule has 152 valence electrons. The molecule has 1 saturated heterocycles. The summed E-state index contributed by atoms with van der Waals surface area (Å²) in [6.07, 6.45) is 5.12. The number of aliphatic hydroxyl groups is 2. The number of ether oxygens (including phenoxy) is 1. The first-order valence-corrected chi connectivity index (χ1v) is 10.3. The number of methoxy groups -OCH3 is 1. The van der Waals surface area contributed by atoms with Gasteiger partial charge in [0.1, 0.15) is 11.4 Å². The molecule has 3 heterocycles. The van der Waals surface area contributed by atoms with E-state index in [1.807, 2.05) is 13.1 Å². The molecule has 0 amide bonds. The van der Waals surface area contributed by atoms with Crippen molar-refractivity contribution < 1.29 is 14.9 Å². The van der Waals surface area contributed by atoms with Gasteiger partial charge in [0.2, 0.25) is 0 Å². The first-order valence-electron chi connectivity index (χ1n) is 10.3. The number of likely N-dealkylation sites (N-methyl/N-ethyl adjacent to an activating group) is 1. The number of aliphatic hydroxyl groups excluding tert-OH is 1. The molecule has 1 saturated carbocycles. The van der Waals surface area contributed by atoms with Gasteiger partial charge < -0.3 is 25.6 Å². The third-order valence-corrected chi connectivity index (χ3v) is 8.30. The number of nitrogens with two attached hydrogens (primary N) is 1. The van der Waals surface area contributed by atoms with E-state index in [1.165, 1.54) is 5.56 Å². The van der Waals surface area contributed by atoms with Crippen molar-refractivity contribution in [2.24, 2.45) is 11.1 Å². The minimum Gasteiger partial charge on any atom is -0.497 e. The number of fused-ring (bicyclic) bond motifs is 1. The molecule has 4 N–H and O–H groups in total. The van der Waals surface area contributed by atoms with Crippen LogP contribution in [0.3, 0.4) is 0 Å². The van der Waals surface area contributed by atoms with Crippen molar-refractivity contribution in [3.05, 3.63) is 35.9 Å². The second kappa shape index (κ2) is 5.72. The van der Waals surface area contributed by atoms with Crippen molar-refractivity contribution in [2.75, 3.05) is 38.7 Å². The van der Waals surface area contributed by atoms with E-state index in [1.54, 1.807) is 7.11 Å². The summed E-state index contributed by atoms with van der Waals surface area (Å²) in [5.74, 6) is 0.803. The summed E-state index contributed by atoms with van der Waals surface area (Å²) >= 11 is 0. The number of hydrogen-bond acceptors (Lipinski definition) is 6. The Kier molecular flexibility index (Phi) is 3.77. The first-order chi connectivity index (χ1) is 13.4. The zero-order chi connectivity index (χ0) is 19.9. The van der Waals surface area contributed by atoms with Crippen LogP contribution in [0.25, 0.3) is 0 Å². The highest BCUT2D eigenvalue weighted by Crippen LogP contribution is 2.66. The number of rotatable bonds is 3. The summed E-state index contributed by atoms with van der Waals surface area (Å²) in [7, 11) is 3.69. The number of anilines is 1. The fourth-order valence-corrected chi connectivity index (χ4v) is 7.32. The predicted octanol–water partition coefficient (Wildman–Crippen LogP) is 0.856. The van der Waals surface area contributed by atoms with Crippen LogP contribution in [0.15, 0.2) is 30.4 Å². The quantitative estimate of drug-likeness (QED) is 0.670. The molecule has 0 radical (unpaired) electrons. The molecule has 2 fully saturated rings. The molecule has 28 heavy (non-hydrogen) atoms. The lowest BCUT2D eigenvalue weighted by molar-refractivity contribution is -0.194. The molecule has 6 nitrogen and oxygen atoms in total. The largest absolute Gasteiger partial charge is 0.497 e. The highest BCUT2D eigenvalue weighted by Gasteiger charge is 2.76. The van der Waals surface area contributed by atoms with Crippen LogP contribution in [-0.2, 0) is 5.41 Å². The van der Waals surface area contributed by atoms with Gasteiger partial charge in [0.05, 0.1) is 19.3 Å². The molecule has 1 aromatic carbocycles. The van der Waals surface area contributed by atoms with Crippen molar-refractivity contribution in [1.29, 1.82) is 0 Å². The van der Waals surface area contributed by atoms with E-state index in [0.717, 1.165) is 37.4 Å². The van der Waals surface area contributed by atoms with Gasteiger partial charge in [-0.25, -0.2) is 0 Å². The zero-order valence-electron chi connectivity index (χ0n) is 16.9. The van der Waals surface area contributed by atoms with Crippen LogP contribution in [0, 0.1) is 5.41 Å². The molecule has 0 aromatic heterocycles. The maximum atomic E-state index is 11.9. The topological polar surface area (TPSA) is 82.2 Å². The van der Waals surface area contributed by atoms with Gasteiger partial charge in [-0.15, -0.1) is 0 Å². The highest BCUT2D eigenvalue weighted by molar-refractivity contribution is 5.70. The maximum Gasteiger partial charge on any atom is 0.125 e. The van der Waals surface area contributed by atoms with Gasteiger partial charge in [-0.1, -0.05) is 25.1 Å². The van der Waals surface area contributed by atoms with Crippen molar-refractivity contribution in [3.8, 4) is 5.75 Å². The number of nitrogens with zero attached hydrogens (tertiary/aromatic N) is 2. The SMILES string of the molecule is CC[C@]12C=CCN3CC[C@@]4(c5ccc(OC)cc5N(C)[C@H]4[C@@](O)(CN)[C@@H]1O)C32. The van der Waals surface area contributed by atoms with Crippen molar-refractivity contribution in [1.82, 2.24) is 4.90 Å². The second-order valence-electron chi connectivity index (χ2n) is 9.05. The van der Waals surface area contributed by atoms with Crippen molar-refractivity contribution in [2.45, 2.75) is 49.0 Å². The minimum atomic E-state index is -1.40. The average Bonchev–Trinajstić information content (AvgIpc) is 3.23. The minimum absolute atomic E-state index is 0.0261.